The molecule has 0 aliphatic heterocycles. The van der Waals surface area contributed by atoms with E-state index in [0.29, 0.717) is 17.5 Å². The van der Waals surface area contributed by atoms with E-state index in [1.54, 1.807) is 13.0 Å². The van der Waals surface area contributed by atoms with Crippen molar-refractivity contribution in [2.24, 2.45) is 7.05 Å². The molecule has 0 saturated heterocycles. The minimum absolute atomic E-state index is 0.145. The molecule has 0 amide bonds. The molecule has 0 saturated carbocycles. The molecule has 0 aliphatic carbocycles. The SMILES string of the molecule is CCc1cc(-c2nc(C(F)(F)F)cn2C)ccc1C(=O)O. The number of carbonyl (C=O) groups is 1. The molecule has 1 aromatic carbocycles. The molecule has 1 aromatic heterocycles. The van der Waals surface area contributed by atoms with Gasteiger partial charge in [-0.3, -0.25) is 0 Å². The van der Waals surface area contributed by atoms with Gasteiger partial charge in [-0.2, -0.15) is 13.2 Å². The second-order valence-electron chi connectivity index (χ2n) is 4.59. The molecule has 0 radical (unpaired) electrons. The van der Waals surface area contributed by atoms with Crippen LogP contribution in [-0.2, 0) is 19.6 Å². The van der Waals surface area contributed by atoms with Crippen LogP contribution in [0.3, 0.4) is 0 Å². The van der Waals surface area contributed by atoms with Gasteiger partial charge in [0.1, 0.15) is 5.82 Å². The van der Waals surface area contributed by atoms with Crippen LogP contribution in [0.5, 0.6) is 0 Å². The first-order valence-corrected chi connectivity index (χ1v) is 6.21. The van der Waals surface area contributed by atoms with Crippen LogP contribution in [0.2, 0.25) is 0 Å². The highest BCUT2D eigenvalue weighted by Crippen LogP contribution is 2.31. The summed E-state index contributed by atoms with van der Waals surface area (Å²) in [5.74, 6) is -0.914. The van der Waals surface area contributed by atoms with E-state index >= 15 is 0 Å². The van der Waals surface area contributed by atoms with Crippen molar-refractivity contribution in [3.05, 3.63) is 41.2 Å². The van der Waals surface area contributed by atoms with Crippen LogP contribution in [0.1, 0.15) is 28.5 Å². The predicted molar refractivity (Wildman–Crippen MR) is 70.0 cm³/mol. The summed E-state index contributed by atoms with van der Waals surface area (Å²) in [7, 11) is 1.47. The Morgan fingerprint density at radius 2 is 2.05 bits per heavy atom. The minimum Gasteiger partial charge on any atom is -0.478 e. The van der Waals surface area contributed by atoms with Gasteiger partial charge in [-0.1, -0.05) is 13.0 Å². The first-order chi connectivity index (χ1) is 9.74. The summed E-state index contributed by atoms with van der Waals surface area (Å²) >= 11 is 0. The number of carboxylic acid groups (broad SMARTS) is 1. The average Bonchev–Trinajstić information content (AvgIpc) is 2.80. The highest BCUT2D eigenvalue weighted by molar-refractivity contribution is 5.90. The highest BCUT2D eigenvalue weighted by Gasteiger charge is 2.34. The standard InChI is InChI=1S/C14H13F3N2O2/c1-3-8-6-9(4-5-10(8)13(20)21)12-18-11(7-19(12)2)14(15,16)17/h4-7H,3H2,1-2H3,(H,20,21). The Kier molecular flexibility index (Phi) is 3.76. The number of carboxylic acids is 1. The zero-order chi connectivity index (χ0) is 15.8. The van der Waals surface area contributed by atoms with Gasteiger partial charge in [0.05, 0.1) is 5.56 Å². The molecule has 1 heterocycles. The maximum absolute atomic E-state index is 12.7. The van der Waals surface area contributed by atoms with Gasteiger partial charge in [-0.15, -0.1) is 0 Å². The molecule has 0 spiro atoms. The van der Waals surface area contributed by atoms with E-state index in [4.69, 9.17) is 5.11 Å². The summed E-state index contributed by atoms with van der Waals surface area (Å²) < 4.78 is 39.3. The molecular weight excluding hydrogens is 285 g/mol. The minimum atomic E-state index is -4.51. The van der Waals surface area contributed by atoms with E-state index in [1.807, 2.05) is 0 Å². The Balaban J connectivity index is 2.53. The van der Waals surface area contributed by atoms with Gasteiger partial charge in [-0.05, 0) is 24.1 Å². The monoisotopic (exact) mass is 298 g/mol. The number of hydrogen-bond acceptors (Lipinski definition) is 2. The zero-order valence-electron chi connectivity index (χ0n) is 11.4. The third kappa shape index (κ3) is 2.91. The lowest BCUT2D eigenvalue weighted by Crippen LogP contribution is -2.05. The van der Waals surface area contributed by atoms with Crippen molar-refractivity contribution in [3.8, 4) is 11.4 Å². The zero-order valence-corrected chi connectivity index (χ0v) is 11.4. The van der Waals surface area contributed by atoms with Crippen molar-refractivity contribution >= 4 is 5.97 Å². The maximum Gasteiger partial charge on any atom is 0.434 e. The van der Waals surface area contributed by atoms with Crippen LogP contribution >= 0.6 is 0 Å². The molecule has 0 fully saturated rings. The van der Waals surface area contributed by atoms with Crippen molar-refractivity contribution < 1.29 is 23.1 Å². The molecule has 0 bridgehead atoms. The number of alkyl halides is 3. The Hall–Kier alpha value is -2.31. The van der Waals surface area contributed by atoms with Gasteiger partial charge < -0.3 is 9.67 Å². The number of rotatable bonds is 3. The summed E-state index contributed by atoms with van der Waals surface area (Å²) in [6.07, 6.45) is -3.14. The number of hydrogen-bond donors (Lipinski definition) is 1. The third-order valence-corrected chi connectivity index (χ3v) is 3.14. The molecule has 0 unspecified atom stereocenters. The van der Waals surface area contributed by atoms with Crippen LogP contribution in [-0.4, -0.2) is 20.6 Å². The van der Waals surface area contributed by atoms with Crippen LogP contribution in [0.25, 0.3) is 11.4 Å². The Morgan fingerprint density at radius 1 is 1.38 bits per heavy atom. The van der Waals surface area contributed by atoms with Gasteiger partial charge in [0.15, 0.2) is 5.69 Å². The number of aromatic nitrogens is 2. The van der Waals surface area contributed by atoms with E-state index in [9.17, 15) is 18.0 Å². The maximum atomic E-state index is 12.7. The fourth-order valence-electron chi connectivity index (χ4n) is 2.11. The molecule has 4 nitrogen and oxygen atoms in total. The molecule has 0 aliphatic rings. The molecule has 2 rings (SSSR count). The number of imidazole rings is 1. The van der Waals surface area contributed by atoms with E-state index in [0.717, 1.165) is 6.20 Å². The van der Waals surface area contributed by atoms with Crippen molar-refractivity contribution in [2.75, 3.05) is 0 Å². The Bertz CT molecular complexity index is 690. The molecule has 0 atom stereocenters. The quantitative estimate of drug-likeness (QED) is 0.945. The van der Waals surface area contributed by atoms with Crippen LogP contribution in [0.15, 0.2) is 24.4 Å². The molecule has 2 aromatic rings. The number of aryl methyl sites for hydroxylation is 2. The summed E-state index contributed by atoms with van der Waals surface area (Å²) in [5.41, 5.74) is 0.179. The summed E-state index contributed by atoms with van der Waals surface area (Å²) in [6, 6.07) is 4.41. The normalized spacial score (nSPS) is 11.7. The van der Waals surface area contributed by atoms with E-state index in [-0.39, 0.29) is 11.4 Å². The van der Waals surface area contributed by atoms with E-state index in [2.05, 4.69) is 4.98 Å². The van der Waals surface area contributed by atoms with E-state index in [1.165, 1.54) is 23.7 Å². The van der Waals surface area contributed by atoms with Gasteiger partial charge in [-0.25, -0.2) is 9.78 Å². The fraction of sp³-hybridized carbons (Fsp3) is 0.286. The second-order valence-corrected chi connectivity index (χ2v) is 4.59. The first kappa shape index (κ1) is 15.1. The summed E-state index contributed by atoms with van der Waals surface area (Å²) in [4.78, 5) is 14.7. The topological polar surface area (TPSA) is 55.1 Å². The lowest BCUT2D eigenvalue weighted by Gasteiger charge is -2.07. The summed E-state index contributed by atoms with van der Waals surface area (Å²) in [6.45, 7) is 1.78. The molecule has 7 heteroatoms. The van der Waals surface area contributed by atoms with E-state index < -0.39 is 17.8 Å². The van der Waals surface area contributed by atoms with Gasteiger partial charge >= 0.3 is 12.1 Å². The number of aromatic carboxylic acids is 1. The van der Waals surface area contributed by atoms with Crippen molar-refractivity contribution in [1.29, 1.82) is 0 Å². The predicted octanol–water partition coefficient (Wildman–Crippen LogP) is 3.37. The Morgan fingerprint density at radius 3 is 2.52 bits per heavy atom. The fourth-order valence-corrected chi connectivity index (χ4v) is 2.11. The smallest absolute Gasteiger partial charge is 0.434 e. The highest BCUT2D eigenvalue weighted by atomic mass is 19.4. The van der Waals surface area contributed by atoms with Gasteiger partial charge in [0, 0.05) is 18.8 Å². The van der Waals surface area contributed by atoms with Gasteiger partial charge in [0.2, 0.25) is 0 Å². The van der Waals surface area contributed by atoms with Crippen LogP contribution < -0.4 is 0 Å². The number of nitrogens with zero attached hydrogens (tertiary/aromatic N) is 2. The lowest BCUT2D eigenvalue weighted by atomic mass is 10.0. The molecule has 112 valence electrons. The van der Waals surface area contributed by atoms with Crippen molar-refractivity contribution in [2.45, 2.75) is 19.5 Å². The first-order valence-electron chi connectivity index (χ1n) is 6.21. The summed E-state index contributed by atoms with van der Waals surface area (Å²) in [5, 5.41) is 9.05. The number of benzene rings is 1. The Labute approximate surface area is 118 Å². The number of halogens is 3. The molecule has 21 heavy (non-hydrogen) atoms. The van der Waals surface area contributed by atoms with Crippen molar-refractivity contribution in [3.63, 3.8) is 0 Å². The largest absolute Gasteiger partial charge is 0.478 e. The third-order valence-electron chi connectivity index (χ3n) is 3.14. The van der Waals surface area contributed by atoms with Gasteiger partial charge in [0.25, 0.3) is 0 Å². The average molecular weight is 298 g/mol. The van der Waals surface area contributed by atoms with Crippen LogP contribution in [0.4, 0.5) is 13.2 Å². The molecule has 1 N–H and O–H groups in total. The molecular formula is C14H13F3N2O2. The van der Waals surface area contributed by atoms with Crippen molar-refractivity contribution in [1.82, 2.24) is 9.55 Å². The lowest BCUT2D eigenvalue weighted by molar-refractivity contribution is -0.140. The van der Waals surface area contributed by atoms with Crippen LogP contribution in [0, 0.1) is 0 Å². The second kappa shape index (κ2) is 5.23.